The minimum absolute atomic E-state index is 0.180. The maximum absolute atomic E-state index is 10.5. The van der Waals surface area contributed by atoms with Gasteiger partial charge in [-0.1, -0.05) is 0 Å². The number of oxazole rings is 1. The summed E-state index contributed by atoms with van der Waals surface area (Å²) in [4.78, 5) is 14.3. The van der Waals surface area contributed by atoms with Gasteiger partial charge in [0, 0.05) is 5.69 Å². The van der Waals surface area contributed by atoms with E-state index in [2.05, 4.69) is 15.2 Å². The Labute approximate surface area is 78.6 Å². The molecule has 2 aromatic heterocycles. The second-order valence-electron chi connectivity index (χ2n) is 2.74. The molecule has 0 aromatic carbocycles. The lowest BCUT2D eigenvalue weighted by Crippen LogP contribution is -1.91. The minimum atomic E-state index is -1.13. The van der Waals surface area contributed by atoms with E-state index >= 15 is 0 Å². The van der Waals surface area contributed by atoms with Crippen molar-refractivity contribution in [2.24, 2.45) is 0 Å². The van der Waals surface area contributed by atoms with Crippen molar-refractivity contribution >= 4 is 5.97 Å². The molecule has 2 heterocycles. The van der Waals surface area contributed by atoms with Crippen LogP contribution in [-0.4, -0.2) is 26.3 Å². The molecule has 72 valence electrons. The van der Waals surface area contributed by atoms with Gasteiger partial charge in [0.2, 0.25) is 11.7 Å². The van der Waals surface area contributed by atoms with Gasteiger partial charge in [-0.25, -0.2) is 9.78 Å². The summed E-state index contributed by atoms with van der Waals surface area (Å²) in [5.74, 6) is -1.06. The number of aromatic amines is 1. The van der Waals surface area contributed by atoms with Crippen molar-refractivity contribution in [2.75, 3.05) is 0 Å². The van der Waals surface area contributed by atoms with Crippen LogP contribution in [0, 0.1) is 6.92 Å². The highest BCUT2D eigenvalue weighted by Gasteiger charge is 2.14. The van der Waals surface area contributed by atoms with Gasteiger partial charge >= 0.3 is 5.97 Å². The first-order chi connectivity index (χ1) is 6.68. The van der Waals surface area contributed by atoms with Crippen LogP contribution in [0.2, 0.25) is 0 Å². The quantitative estimate of drug-likeness (QED) is 0.744. The van der Waals surface area contributed by atoms with Crippen LogP contribution in [0.25, 0.3) is 11.5 Å². The predicted molar refractivity (Wildman–Crippen MR) is 45.8 cm³/mol. The monoisotopic (exact) mass is 193 g/mol. The molecule has 14 heavy (non-hydrogen) atoms. The van der Waals surface area contributed by atoms with Crippen molar-refractivity contribution in [3.63, 3.8) is 0 Å². The lowest BCUT2D eigenvalue weighted by molar-refractivity contribution is 0.0663. The van der Waals surface area contributed by atoms with Crippen LogP contribution in [0.3, 0.4) is 0 Å². The number of aromatic nitrogens is 3. The SMILES string of the molecule is Cc1[nH]ncc1-c1ncc(C(=O)O)o1. The number of aryl methyl sites for hydroxylation is 1. The van der Waals surface area contributed by atoms with Crippen molar-refractivity contribution in [2.45, 2.75) is 6.92 Å². The Kier molecular flexibility index (Phi) is 1.81. The van der Waals surface area contributed by atoms with E-state index in [0.717, 1.165) is 5.69 Å². The Morgan fingerprint density at radius 2 is 2.36 bits per heavy atom. The van der Waals surface area contributed by atoms with Gasteiger partial charge in [-0.15, -0.1) is 0 Å². The summed E-state index contributed by atoms with van der Waals surface area (Å²) in [7, 11) is 0. The highest BCUT2D eigenvalue weighted by molar-refractivity contribution is 5.84. The molecule has 0 bridgehead atoms. The minimum Gasteiger partial charge on any atom is -0.475 e. The fourth-order valence-electron chi connectivity index (χ4n) is 1.06. The van der Waals surface area contributed by atoms with Gasteiger partial charge in [0.1, 0.15) is 0 Å². The molecule has 0 fully saturated rings. The van der Waals surface area contributed by atoms with E-state index in [4.69, 9.17) is 9.52 Å². The van der Waals surface area contributed by atoms with E-state index in [1.54, 1.807) is 6.92 Å². The highest BCUT2D eigenvalue weighted by Crippen LogP contribution is 2.20. The Balaban J connectivity index is 2.43. The van der Waals surface area contributed by atoms with Gasteiger partial charge in [0.25, 0.3) is 0 Å². The molecule has 0 aliphatic rings. The third-order valence-corrected chi connectivity index (χ3v) is 1.78. The largest absolute Gasteiger partial charge is 0.475 e. The summed E-state index contributed by atoms with van der Waals surface area (Å²) in [6, 6.07) is 0. The van der Waals surface area contributed by atoms with Gasteiger partial charge in [0.05, 0.1) is 18.0 Å². The van der Waals surface area contributed by atoms with E-state index in [1.165, 1.54) is 12.4 Å². The van der Waals surface area contributed by atoms with Crippen molar-refractivity contribution in [1.29, 1.82) is 0 Å². The molecule has 0 radical (unpaired) electrons. The average Bonchev–Trinajstić information content (AvgIpc) is 2.71. The van der Waals surface area contributed by atoms with Crippen molar-refractivity contribution in [3.8, 4) is 11.5 Å². The predicted octanol–water partition coefficient (Wildman–Crippen LogP) is 1.07. The number of carboxylic acids is 1. The van der Waals surface area contributed by atoms with E-state index in [0.29, 0.717) is 5.56 Å². The summed E-state index contributed by atoms with van der Waals surface area (Å²) in [6.07, 6.45) is 2.71. The molecule has 2 rings (SSSR count). The summed E-state index contributed by atoms with van der Waals surface area (Å²) >= 11 is 0. The van der Waals surface area contributed by atoms with Gasteiger partial charge in [-0.05, 0) is 6.92 Å². The van der Waals surface area contributed by atoms with Gasteiger partial charge in [0.15, 0.2) is 0 Å². The molecule has 6 heteroatoms. The molecule has 2 N–H and O–H groups in total. The smallest absolute Gasteiger partial charge is 0.373 e. The van der Waals surface area contributed by atoms with Crippen LogP contribution < -0.4 is 0 Å². The van der Waals surface area contributed by atoms with Crippen molar-refractivity contribution in [1.82, 2.24) is 15.2 Å². The van der Waals surface area contributed by atoms with Crippen molar-refractivity contribution < 1.29 is 14.3 Å². The molecular formula is C8H7N3O3. The topological polar surface area (TPSA) is 92.0 Å². The van der Waals surface area contributed by atoms with Gasteiger partial charge in [-0.2, -0.15) is 5.10 Å². The molecule has 0 unspecified atom stereocenters. The molecule has 0 aliphatic heterocycles. The summed E-state index contributed by atoms with van der Waals surface area (Å²) in [5, 5.41) is 15.1. The normalized spacial score (nSPS) is 10.4. The van der Waals surface area contributed by atoms with Crippen LogP contribution in [0.5, 0.6) is 0 Å². The summed E-state index contributed by atoms with van der Waals surface area (Å²) in [5.41, 5.74) is 1.45. The Bertz CT molecular complexity index is 472. The third-order valence-electron chi connectivity index (χ3n) is 1.78. The lowest BCUT2D eigenvalue weighted by atomic mass is 10.3. The Hall–Kier alpha value is -2.11. The van der Waals surface area contributed by atoms with E-state index in [9.17, 15) is 4.79 Å². The molecular weight excluding hydrogens is 186 g/mol. The fraction of sp³-hybridized carbons (Fsp3) is 0.125. The van der Waals surface area contributed by atoms with Gasteiger partial charge < -0.3 is 9.52 Å². The van der Waals surface area contributed by atoms with Crippen LogP contribution in [0.4, 0.5) is 0 Å². The number of hydrogen-bond acceptors (Lipinski definition) is 4. The van der Waals surface area contributed by atoms with Crippen LogP contribution >= 0.6 is 0 Å². The lowest BCUT2D eigenvalue weighted by Gasteiger charge is -1.89. The average molecular weight is 193 g/mol. The first-order valence-corrected chi connectivity index (χ1v) is 3.88. The molecule has 0 saturated carbocycles. The number of nitrogens with one attached hydrogen (secondary N) is 1. The molecule has 0 spiro atoms. The summed E-state index contributed by atoms with van der Waals surface area (Å²) in [6.45, 7) is 1.80. The van der Waals surface area contributed by atoms with E-state index in [1.807, 2.05) is 0 Å². The number of carboxylic acid groups (broad SMARTS) is 1. The van der Waals surface area contributed by atoms with Crippen molar-refractivity contribution in [3.05, 3.63) is 23.8 Å². The molecule has 2 aromatic rings. The second kappa shape index (κ2) is 2.99. The van der Waals surface area contributed by atoms with Crippen LogP contribution in [0.15, 0.2) is 16.8 Å². The Morgan fingerprint density at radius 1 is 1.57 bits per heavy atom. The maximum Gasteiger partial charge on any atom is 0.373 e. The van der Waals surface area contributed by atoms with E-state index in [-0.39, 0.29) is 11.7 Å². The van der Waals surface area contributed by atoms with Crippen LogP contribution in [-0.2, 0) is 0 Å². The number of nitrogens with zero attached hydrogens (tertiary/aromatic N) is 2. The zero-order valence-corrected chi connectivity index (χ0v) is 7.31. The molecule has 0 aliphatic carbocycles. The summed E-state index contributed by atoms with van der Waals surface area (Å²) < 4.78 is 5.00. The molecule has 0 amide bonds. The number of H-pyrrole nitrogens is 1. The molecule has 6 nitrogen and oxygen atoms in total. The maximum atomic E-state index is 10.5. The standard InChI is InChI=1S/C8H7N3O3/c1-4-5(2-10-11-4)7-9-3-6(14-7)8(12)13/h2-3H,1H3,(H,10,11)(H,12,13). The third kappa shape index (κ3) is 1.26. The zero-order valence-electron chi connectivity index (χ0n) is 7.31. The Morgan fingerprint density at radius 3 is 2.86 bits per heavy atom. The zero-order chi connectivity index (χ0) is 10.1. The molecule has 0 atom stereocenters. The first-order valence-electron chi connectivity index (χ1n) is 3.88. The molecule has 0 saturated heterocycles. The number of hydrogen-bond donors (Lipinski definition) is 2. The highest BCUT2D eigenvalue weighted by atomic mass is 16.4. The number of rotatable bonds is 2. The number of carbonyl (C=O) groups is 1. The van der Waals surface area contributed by atoms with Crippen LogP contribution in [0.1, 0.15) is 16.2 Å². The van der Waals surface area contributed by atoms with E-state index < -0.39 is 5.97 Å². The second-order valence-corrected chi connectivity index (χ2v) is 2.74. The number of aromatic carboxylic acids is 1. The fourth-order valence-corrected chi connectivity index (χ4v) is 1.06. The van der Waals surface area contributed by atoms with Gasteiger partial charge in [-0.3, -0.25) is 5.10 Å². The first kappa shape index (κ1) is 8.49.